The van der Waals surface area contributed by atoms with Crippen molar-refractivity contribution in [2.75, 3.05) is 0 Å². The van der Waals surface area contributed by atoms with Gasteiger partial charge in [-0.05, 0) is 22.0 Å². The monoisotopic (exact) mass is 273 g/mol. The fourth-order valence-corrected chi connectivity index (χ4v) is 1.07. The van der Waals surface area contributed by atoms with Crippen LogP contribution in [0.5, 0.6) is 5.75 Å². The van der Waals surface area contributed by atoms with Crippen LogP contribution in [0.3, 0.4) is 0 Å². The Labute approximate surface area is 85.0 Å². The molecule has 0 aliphatic carbocycles. The van der Waals surface area contributed by atoms with E-state index in [4.69, 9.17) is 0 Å². The van der Waals surface area contributed by atoms with Crippen molar-refractivity contribution in [2.45, 2.75) is 13.0 Å². The molecule has 14 heavy (non-hydrogen) atoms. The average molecular weight is 274 g/mol. The molecular weight excluding hydrogens is 270 g/mol. The molecule has 0 N–H and O–H groups in total. The quantitative estimate of drug-likeness (QED) is 0.772. The summed E-state index contributed by atoms with van der Waals surface area (Å²) in [6, 6.07) is 1.01. The van der Waals surface area contributed by atoms with Gasteiger partial charge in [-0.1, -0.05) is 0 Å². The summed E-state index contributed by atoms with van der Waals surface area (Å²) in [6.45, 7) is -1.11. The molecule has 1 aromatic heterocycles. The number of hydrogen-bond donors (Lipinski definition) is 0. The first kappa shape index (κ1) is 11.2. The van der Waals surface area contributed by atoms with Gasteiger partial charge in [-0.3, -0.25) is 4.98 Å². The fraction of sp³-hybridized carbons (Fsp3) is 0.286. The van der Waals surface area contributed by atoms with Gasteiger partial charge in [0, 0.05) is 10.7 Å². The van der Waals surface area contributed by atoms with Gasteiger partial charge in [0.1, 0.15) is 12.4 Å². The molecule has 0 unspecified atom stereocenters. The SMILES string of the molecule is FCc1ncc(Br)cc1OC(F)(F)F. The van der Waals surface area contributed by atoms with Crippen molar-refractivity contribution < 1.29 is 22.3 Å². The highest BCUT2D eigenvalue weighted by molar-refractivity contribution is 9.10. The Morgan fingerprint density at radius 1 is 1.43 bits per heavy atom. The third kappa shape index (κ3) is 3.13. The zero-order chi connectivity index (χ0) is 10.8. The summed E-state index contributed by atoms with van der Waals surface area (Å²) in [5.74, 6) is -0.630. The van der Waals surface area contributed by atoms with Gasteiger partial charge in [0.2, 0.25) is 0 Å². The maximum absolute atomic E-state index is 12.2. The van der Waals surface area contributed by atoms with Gasteiger partial charge in [-0.15, -0.1) is 13.2 Å². The van der Waals surface area contributed by atoms with Crippen molar-refractivity contribution in [3.63, 3.8) is 0 Å². The van der Waals surface area contributed by atoms with Crippen LogP contribution in [0.25, 0.3) is 0 Å². The minimum Gasteiger partial charge on any atom is -0.404 e. The minimum atomic E-state index is -4.84. The molecule has 0 radical (unpaired) electrons. The van der Waals surface area contributed by atoms with Crippen LogP contribution in [0, 0.1) is 0 Å². The van der Waals surface area contributed by atoms with Gasteiger partial charge in [-0.2, -0.15) is 0 Å². The predicted octanol–water partition coefficient (Wildman–Crippen LogP) is 3.21. The summed E-state index contributed by atoms with van der Waals surface area (Å²) in [7, 11) is 0. The number of halogens is 5. The molecule has 1 aromatic rings. The summed E-state index contributed by atoms with van der Waals surface area (Å²) in [5.41, 5.74) is -0.384. The van der Waals surface area contributed by atoms with Crippen LogP contribution in [0.2, 0.25) is 0 Å². The molecule has 0 saturated heterocycles. The molecule has 1 heterocycles. The normalized spacial score (nSPS) is 11.5. The topological polar surface area (TPSA) is 22.1 Å². The second-order valence-electron chi connectivity index (χ2n) is 2.28. The Balaban J connectivity index is 2.99. The van der Waals surface area contributed by atoms with Crippen LogP contribution in [0.1, 0.15) is 5.69 Å². The van der Waals surface area contributed by atoms with Crippen molar-refractivity contribution in [3.05, 3.63) is 22.4 Å². The van der Waals surface area contributed by atoms with E-state index in [9.17, 15) is 17.6 Å². The van der Waals surface area contributed by atoms with E-state index in [0.29, 0.717) is 0 Å². The number of hydrogen-bond acceptors (Lipinski definition) is 2. The molecular formula is C7H4BrF4NO. The lowest BCUT2D eigenvalue weighted by Crippen LogP contribution is -2.18. The number of alkyl halides is 4. The Hall–Kier alpha value is -0.850. The second kappa shape index (κ2) is 4.12. The van der Waals surface area contributed by atoms with Crippen molar-refractivity contribution in [2.24, 2.45) is 0 Å². The van der Waals surface area contributed by atoms with E-state index >= 15 is 0 Å². The molecule has 2 nitrogen and oxygen atoms in total. The molecule has 0 amide bonds. The minimum absolute atomic E-state index is 0.286. The van der Waals surface area contributed by atoms with E-state index < -0.39 is 18.8 Å². The molecule has 0 aliphatic heterocycles. The van der Waals surface area contributed by atoms with Gasteiger partial charge < -0.3 is 4.74 Å². The van der Waals surface area contributed by atoms with E-state index in [1.807, 2.05) is 0 Å². The number of rotatable bonds is 2. The first-order valence-electron chi connectivity index (χ1n) is 3.38. The standard InChI is InChI=1S/C7H4BrF4NO/c8-4-1-6(14-7(10,11)12)5(2-9)13-3-4/h1,3H,2H2. The second-order valence-corrected chi connectivity index (χ2v) is 3.20. The first-order chi connectivity index (χ1) is 6.42. The highest BCUT2D eigenvalue weighted by Gasteiger charge is 2.32. The van der Waals surface area contributed by atoms with Gasteiger partial charge >= 0.3 is 6.36 Å². The molecule has 0 spiro atoms. The lowest BCUT2D eigenvalue weighted by molar-refractivity contribution is -0.275. The maximum atomic E-state index is 12.2. The zero-order valence-electron chi connectivity index (χ0n) is 6.61. The van der Waals surface area contributed by atoms with Crippen LogP contribution in [-0.2, 0) is 6.67 Å². The van der Waals surface area contributed by atoms with Gasteiger partial charge in [0.05, 0.1) is 0 Å². The largest absolute Gasteiger partial charge is 0.573 e. The van der Waals surface area contributed by atoms with Gasteiger partial charge in [-0.25, -0.2) is 4.39 Å². The molecule has 0 bridgehead atoms. The smallest absolute Gasteiger partial charge is 0.404 e. The van der Waals surface area contributed by atoms with E-state index in [1.54, 1.807) is 0 Å². The Kier molecular flexibility index (Phi) is 3.30. The molecule has 0 aromatic carbocycles. The molecule has 0 fully saturated rings. The molecule has 78 valence electrons. The first-order valence-corrected chi connectivity index (χ1v) is 4.18. The third-order valence-corrected chi connectivity index (χ3v) is 1.68. The fourth-order valence-electron chi connectivity index (χ4n) is 0.762. The van der Waals surface area contributed by atoms with Crippen LogP contribution in [0.4, 0.5) is 17.6 Å². The van der Waals surface area contributed by atoms with E-state index in [2.05, 4.69) is 25.7 Å². The lowest BCUT2D eigenvalue weighted by atomic mass is 10.3. The molecule has 0 saturated carbocycles. The average Bonchev–Trinajstić information content (AvgIpc) is 2.01. The van der Waals surface area contributed by atoms with E-state index in [0.717, 1.165) is 6.07 Å². The van der Waals surface area contributed by atoms with Crippen molar-refractivity contribution in [3.8, 4) is 5.75 Å². The molecule has 1 rings (SSSR count). The van der Waals surface area contributed by atoms with Crippen molar-refractivity contribution in [1.29, 1.82) is 0 Å². The lowest BCUT2D eigenvalue weighted by Gasteiger charge is -2.10. The Bertz CT molecular complexity index is 328. The predicted molar refractivity (Wildman–Crippen MR) is 43.4 cm³/mol. The van der Waals surface area contributed by atoms with E-state index in [1.165, 1.54) is 6.20 Å². The Morgan fingerprint density at radius 2 is 2.07 bits per heavy atom. The summed E-state index contributed by atoms with van der Waals surface area (Å²) in [6.07, 6.45) is -3.65. The Morgan fingerprint density at radius 3 is 2.57 bits per heavy atom. The summed E-state index contributed by atoms with van der Waals surface area (Å²) in [4.78, 5) is 3.43. The molecule has 7 heteroatoms. The van der Waals surface area contributed by atoms with Crippen LogP contribution in [0.15, 0.2) is 16.7 Å². The highest BCUT2D eigenvalue weighted by Crippen LogP contribution is 2.28. The van der Waals surface area contributed by atoms with Crippen LogP contribution >= 0.6 is 15.9 Å². The zero-order valence-corrected chi connectivity index (χ0v) is 8.19. The summed E-state index contributed by atoms with van der Waals surface area (Å²) in [5, 5.41) is 0. The summed E-state index contributed by atoms with van der Waals surface area (Å²) >= 11 is 2.90. The molecule has 0 atom stereocenters. The van der Waals surface area contributed by atoms with Crippen LogP contribution in [-0.4, -0.2) is 11.3 Å². The molecule has 0 aliphatic rings. The van der Waals surface area contributed by atoms with Gasteiger partial charge in [0.15, 0.2) is 5.75 Å². The number of pyridine rings is 1. The highest BCUT2D eigenvalue weighted by atomic mass is 79.9. The maximum Gasteiger partial charge on any atom is 0.573 e. The van der Waals surface area contributed by atoms with Crippen LogP contribution < -0.4 is 4.74 Å². The number of aromatic nitrogens is 1. The third-order valence-electron chi connectivity index (χ3n) is 1.25. The van der Waals surface area contributed by atoms with E-state index in [-0.39, 0.29) is 10.2 Å². The van der Waals surface area contributed by atoms with Gasteiger partial charge in [0.25, 0.3) is 0 Å². The van der Waals surface area contributed by atoms with Crippen molar-refractivity contribution in [1.82, 2.24) is 4.98 Å². The summed E-state index contributed by atoms with van der Waals surface area (Å²) < 4.78 is 51.4. The number of ether oxygens (including phenoxy) is 1. The van der Waals surface area contributed by atoms with Crippen molar-refractivity contribution >= 4 is 15.9 Å². The number of nitrogens with zero attached hydrogens (tertiary/aromatic N) is 1.